The molecule has 0 aliphatic carbocycles. The van der Waals surface area contributed by atoms with Gasteiger partial charge >= 0.3 is 5.97 Å². The minimum atomic E-state index is -0.405. The first kappa shape index (κ1) is 18.5. The predicted molar refractivity (Wildman–Crippen MR) is 97.9 cm³/mol. The monoisotopic (exact) mass is 367 g/mol. The molecule has 0 fully saturated rings. The van der Waals surface area contributed by atoms with Gasteiger partial charge in [0, 0.05) is 12.4 Å². The molecule has 0 saturated heterocycles. The van der Waals surface area contributed by atoms with Crippen LogP contribution in [0.25, 0.3) is 0 Å². The molecule has 0 bridgehead atoms. The van der Waals surface area contributed by atoms with Gasteiger partial charge in [0.25, 0.3) is 0 Å². The summed E-state index contributed by atoms with van der Waals surface area (Å²) >= 11 is 2.84. The van der Waals surface area contributed by atoms with Gasteiger partial charge < -0.3 is 14.6 Å². The lowest BCUT2D eigenvalue weighted by Gasteiger charge is -2.17. The zero-order chi connectivity index (χ0) is 17.5. The first-order valence-electron chi connectivity index (χ1n) is 7.63. The van der Waals surface area contributed by atoms with E-state index in [1.165, 1.54) is 0 Å². The van der Waals surface area contributed by atoms with Gasteiger partial charge in [-0.25, -0.2) is 9.78 Å². The third-order valence-electron chi connectivity index (χ3n) is 3.37. The Labute approximate surface area is 149 Å². The van der Waals surface area contributed by atoms with Crippen molar-refractivity contribution in [1.29, 1.82) is 0 Å². The van der Waals surface area contributed by atoms with E-state index < -0.39 is 5.97 Å². The van der Waals surface area contributed by atoms with Crippen LogP contribution in [-0.2, 0) is 9.53 Å². The summed E-state index contributed by atoms with van der Waals surface area (Å²) in [6.07, 6.45) is 6.49. The number of nitrogens with one attached hydrogen (secondary N) is 1. The molecule has 0 radical (unpaired) electrons. The number of carbonyl (C=O) groups excluding carboxylic acids is 2. The van der Waals surface area contributed by atoms with Crippen LogP contribution in [0.15, 0.2) is 24.5 Å². The smallest absolute Gasteiger partial charge is 0.350 e. The predicted octanol–water partition coefficient (Wildman–Crippen LogP) is 3.36. The zero-order valence-corrected chi connectivity index (χ0v) is 15.6. The summed E-state index contributed by atoms with van der Waals surface area (Å²) in [7, 11) is 0. The Bertz CT molecular complexity index is 683. The Hall–Kier alpha value is -1.80. The molecule has 130 valence electrons. The minimum Gasteiger partial charge on any atom is -0.462 e. The second-order valence-electron chi connectivity index (χ2n) is 5.07. The van der Waals surface area contributed by atoms with Crippen LogP contribution in [0.3, 0.4) is 0 Å². The van der Waals surface area contributed by atoms with Gasteiger partial charge in [-0.3, -0.25) is 4.79 Å². The number of carbonyl (C=O) groups is 2. The topological polar surface area (TPSA) is 73.2 Å². The number of aromatic nitrogens is 2. The van der Waals surface area contributed by atoms with Gasteiger partial charge in [0.05, 0.1) is 12.3 Å². The fraction of sp³-hybridized carbons (Fsp3) is 0.438. The largest absolute Gasteiger partial charge is 0.462 e. The van der Waals surface area contributed by atoms with E-state index in [-0.39, 0.29) is 11.9 Å². The average molecular weight is 367 g/mol. The van der Waals surface area contributed by atoms with Crippen LogP contribution in [-0.4, -0.2) is 40.0 Å². The number of anilines is 1. The normalized spacial score (nSPS) is 12.0. The summed E-state index contributed by atoms with van der Waals surface area (Å²) in [5, 5.41) is 3.25. The number of aryl methyl sites for hydroxylation is 1. The third-order valence-corrected chi connectivity index (χ3v) is 5.07. The summed E-state index contributed by atoms with van der Waals surface area (Å²) in [5.41, 5.74) is 0.565. The van der Waals surface area contributed by atoms with Crippen molar-refractivity contribution in [3.63, 3.8) is 0 Å². The Morgan fingerprint density at radius 3 is 2.75 bits per heavy atom. The summed E-state index contributed by atoms with van der Waals surface area (Å²) in [6.45, 7) is 3.79. The van der Waals surface area contributed by atoms with Gasteiger partial charge in [0.2, 0.25) is 5.91 Å². The van der Waals surface area contributed by atoms with Crippen molar-refractivity contribution < 1.29 is 14.3 Å². The Morgan fingerprint density at radius 2 is 2.12 bits per heavy atom. The van der Waals surface area contributed by atoms with Gasteiger partial charge in [0.1, 0.15) is 10.9 Å². The van der Waals surface area contributed by atoms with E-state index in [1.54, 1.807) is 25.6 Å². The van der Waals surface area contributed by atoms with Crippen LogP contribution in [0.1, 0.15) is 34.8 Å². The van der Waals surface area contributed by atoms with Crippen LogP contribution in [0.4, 0.5) is 5.13 Å². The maximum absolute atomic E-state index is 12.6. The summed E-state index contributed by atoms with van der Waals surface area (Å²) < 4.78 is 6.89. The molecule has 24 heavy (non-hydrogen) atoms. The van der Waals surface area contributed by atoms with E-state index in [1.807, 2.05) is 35.3 Å². The number of thioether (sulfide) groups is 1. The molecule has 2 aromatic heterocycles. The molecule has 2 rings (SSSR count). The number of ether oxygens (including phenoxy) is 1. The van der Waals surface area contributed by atoms with Gasteiger partial charge in [0.15, 0.2) is 5.13 Å². The lowest BCUT2D eigenvalue weighted by molar-refractivity contribution is -0.119. The molecule has 2 heterocycles. The van der Waals surface area contributed by atoms with E-state index in [0.29, 0.717) is 22.3 Å². The molecule has 0 spiro atoms. The fourth-order valence-corrected chi connectivity index (χ4v) is 3.55. The molecule has 2 aromatic rings. The number of esters is 1. The first-order chi connectivity index (χ1) is 11.6. The highest BCUT2D eigenvalue weighted by Gasteiger charge is 2.22. The van der Waals surface area contributed by atoms with Crippen LogP contribution in [0.2, 0.25) is 0 Å². The van der Waals surface area contributed by atoms with Gasteiger partial charge in [-0.05, 0) is 44.4 Å². The summed E-state index contributed by atoms with van der Waals surface area (Å²) in [5.74, 6) is 0.336. The molecule has 1 atom stereocenters. The van der Waals surface area contributed by atoms with Crippen molar-refractivity contribution >= 4 is 40.1 Å². The van der Waals surface area contributed by atoms with Gasteiger partial charge in [-0.1, -0.05) is 11.3 Å². The van der Waals surface area contributed by atoms with Gasteiger partial charge in [-0.15, -0.1) is 0 Å². The minimum absolute atomic E-state index is 0.135. The molecule has 8 heteroatoms. The molecule has 1 amide bonds. The van der Waals surface area contributed by atoms with Crippen molar-refractivity contribution in [1.82, 2.24) is 9.55 Å². The van der Waals surface area contributed by atoms with E-state index in [9.17, 15) is 9.59 Å². The second-order valence-corrected chi connectivity index (χ2v) is 7.06. The Morgan fingerprint density at radius 1 is 1.42 bits per heavy atom. The molecule has 1 unspecified atom stereocenters. The highest BCUT2D eigenvalue weighted by molar-refractivity contribution is 7.98. The molecule has 0 aliphatic rings. The number of rotatable bonds is 8. The molecular formula is C16H21N3O3S2. The Balaban J connectivity index is 2.12. The maximum atomic E-state index is 12.6. The van der Waals surface area contributed by atoms with Crippen molar-refractivity contribution in [2.75, 3.05) is 23.9 Å². The molecule has 6 nitrogen and oxygen atoms in total. The van der Waals surface area contributed by atoms with E-state index in [4.69, 9.17) is 4.74 Å². The third kappa shape index (κ3) is 4.61. The molecule has 0 aromatic carbocycles. The van der Waals surface area contributed by atoms with Crippen molar-refractivity contribution in [3.05, 3.63) is 35.1 Å². The quantitative estimate of drug-likeness (QED) is 0.724. The summed E-state index contributed by atoms with van der Waals surface area (Å²) in [6, 6.07) is 3.49. The van der Waals surface area contributed by atoms with E-state index in [2.05, 4.69) is 10.3 Å². The maximum Gasteiger partial charge on any atom is 0.350 e. The van der Waals surface area contributed by atoms with Gasteiger partial charge in [-0.2, -0.15) is 11.8 Å². The molecular weight excluding hydrogens is 346 g/mol. The fourth-order valence-electron chi connectivity index (χ4n) is 2.23. The molecule has 0 saturated carbocycles. The van der Waals surface area contributed by atoms with Crippen LogP contribution >= 0.6 is 23.1 Å². The number of thiazole rings is 1. The number of hydrogen-bond acceptors (Lipinski definition) is 6. The number of hydrogen-bond donors (Lipinski definition) is 1. The lowest BCUT2D eigenvalue weighted by atomic mass is 10.2. The standard InChI is InChI=1S/C16H21N3O3S2/c1-4-22-15(21)13-11(2)17-16(24-13)18-14(20)12(7-10-23-3)19-8-5-6-9-19/h5-6,8-9,12H,4,7,10H2,1-3H3,(H,17,18,20). The van der Waals surface area contributed by atoms with Crippen LogP contribution in [0.5, 0.6) is 0 Å². The SMILES string of the molecule is CCOC(=O)c1sc(NC(=O)C(CCSC)n2cccc2)nc1C. The van der Waals surface area contributed by atoms with Crippen molar-refractivity contribution in [2.45, 2.75) is 26.3 Å². The highest BCUT2D eigenvalue weighted by Crippen LogP contribution is 2.25. The van der Waals surface area contributed by atoms with E-state index in [0.717, 1.165) is 23.5 Å². The summed E-state index contributed by atoms with van der Waals surface area (Å²) in [4.78, 5) is 29.2. The molecule has 0 aliphatic heterocycles. The zero-order valence-electron chi connectivity index (χ0n) is 13.9. The average Bonchev–Trinajstić information content (AvgIpc) is 3.18. The number of nitrogens with zero attached hydrogens (tertiary/aromatic N) is 2. The van der Waals surface area contributed by atoms with Crippen LogP contribution < -0.4 is 5.32 Å². The lowest BCUT2D eigenvalue weighted by Crippen LogP contribution is -2.25. The number of amides is 1. The second kappa shape index (κ2) is 8.89. The van der Waals surface area contributed by atoms with Crippen molar-refractivity contribution in [3.8, 4) is 0 Å². The first-order valence-corrected chi connectivity index (χ1v) is 9.84. The molecule has 1 N–H and O–H groups in total. The van der Waals surface area contributed by atoms with Crippen molar-refractivity contribution in [2.24, 2.45) is 0 Å². The van der Waals surface area contributed by atoms with Crippen LogP contribution in [0, 0.1) is 6.92 Å². The highest BCUT2D eigenvalue weighted by atomic mass is 32.2. The Kier molecular flexibility index (Phi) is 6.86. The van der Waals surface area contributed by atoms with E-state index >= 15 is 0 Å².